The molecule has 0 aromatic heterocycles. The zero-order valence-electron chi connectivity index (χ0n) is 7.76. The first kappa shape index (κ1) is 8.82. The van der Waals surface area contributed by atoms with E-state index in [2.05, 4.69) is 9.98 Å². The number of carbonyl (C=O) groups is 2. The number of amides is 3. The van der Waals surface area contributed by atoms with Crippen LogP contribution in [0.1, 0.15) is 0 Å². The molecular formula is C7H9N5O2. The van der Waals surface area contributed by atoms with E-state index < -0.39 is 17.6 Å². The fourth-order valence-electron chi connectivity index (χ4n) is 1.48. The Morgan fingerprint density at radius 2 is 2.00 bits per heavy atom. The molecule has 1 fully saturated rings. The Morgan fingerprint density at radius 1 is 1.36 bits per heavy atom. The fraction of sp³-hybridized carbons (Fsp3) is 0.429. The smallest absolute Gasteiger partial charge is 0.293 e. The molecule has 1 unspecified atom stereocenters. The van der Waals surface area contributed by atoms with E-state index in [-0.39, 0.29) is 5.84 Å². The molecule has 0 radical (unpaired) electrons. The summed E-state index contributed by atoms with van der Waals surface area (Å²) in [5.41, 5.74) is 4.22. The van der Waals surface area contributed by atoms with Gasteiger partial charge in [0.1, 0.15) is 6.34 Å². The Morgan fingerprint density at radius 3 is 2.64 bits per heavy atom. The third-order valence-corrected chi connectivity index (χ3v) is 2.30. The fourth-order valence-corrected chi connectivity index (χ4v) is 1.48. The van der Waals surface area contributed by atoms with E-state index >= 15 is 0 Å². The van der Waals surface area contributed by atoms with Crippen LogP contribution in [0.15, 0.2) is 9.98 Å². The van der Waals surface area contributed by atoms with Crippen LogP contribution in [0.25, 0.3) is 0 Å². The second-order valence-electron chi connectivity index (χ2n) is 3.17. The van der Waals surface area contributed by atoms with Crippen LogP contribution in [-0.4, -0.2) is 53.7 Å². The molecule has 2 rings (SSSR count). The van der Waals surface area contributed by atoms with E-state index in [1.165, 1.54) is 25.3 Å². The van der Waals surface area contributed by atoms with Crippen molar-refractivity contribution in [3.8, 4) is 0 Å². The van der Waals surface area contributed by atoms with Gasteiger partial charge in [0.25, 0.3) is 5.91 Å². The molecule has 14 heavy (non-hydrogen) atoms. The van der Waals surface area contributed by atoms with E-state index in [9.17, 15) is 9.59 Å². The summed E-state index contributed by atoms with van der Waals surface area (Å²) in [5.74, 6) is -0.390. The molecule has 2 heterocycles. The van der Waals surface area contributed by atoms with Crippen molar-refractivity contribution in [2.24, 2.45) is 15.7 Å². The predicted octanol–water partition coefficient (Wildman–Crippen LogP) is -1.39. The first-order valence-electron chi connectivity index (χ1n) is 3.95. The van der Waals surface area contributed by atoms with Gasteiger partial charge in [-0.3, -0.25) is 20.3 Å². The molecule has 0 aromatic rings. The lowest BCUT2D eigenvalue weighted by Crippen LogP contribution is -2.69. The van der Waals surface area contributed by atoms with Crippen molar-refractivity contribution in [2.75, 3.05) is 14.1 Å². The maximum atomic E-state index is 11.6. The first-order valence-corrected chi connectivity index (χ1v) is 3.95. The summed E-state index contributed by atoms with van der Waals surface area (Å²) in [7, 11) is 2.86. The molecule has 1 saturated heterocycles. The van der Waals surface area contributed by atoms with Crippen LogP contribution in [0.2, 0.25) is 0 Å². The third kappa shape index (κ3) is 0.791. The largest absolute Gasteiger partial charge is 0.331 e. The van der Waals surface area contributed by atoms with Crippen molar-refractivity contribution < 1.29 is 9.59 Å². The maximum absolute atomic E-state index is 11.6. The summed E-state index contributed by atoms with van der Waals surface area (Å²) in [6.45, 7) is 0. The maximum Gasteiger partial charge on any atom is 0.331 e. The van der Waals surface area contributed by atoms with E-state index in [1.54, 1.807) is 0 Å². The predicted molar refractivity (Wildman–Crippen MR) is 48.8 cm³/mol. The molecule has 74 valence electrons. The minimum atomic E-state index is -1.52. The van der Waals surface area contributed by atoms with Crippen molar-refractivity contribution in [2.45, 2.75) is 5.66 Å². The molecule has 7 heteroatoms. The summed E-state index contributed by atoms with van der Waals surface area (Å²) in [6, 6.07) is -0.458. The van der Waals surface area contributed by atoms with Gasteiger partial charge in [-0.1, -0.05) is 0 Å². The Kier molecular flexibility index (Phi) is 1.50. The number of urea groups is 1. The Bertz CT molecular complexity index is 388. The Hall–Kier alpha value is -1.76. The molecule has 2 aliphatic rings. The number of likely N-dealkylation sites (N-methyl/N-ethyl adjacent to an activating group) is 2. The molecule has 2 N–H and O–H groups in total. The molecule has 0 saturated carbocycles. The molecule has 0 spiro atoms. The van der Waals surface area contributed by atoms with E-state index in [1.807, 2.05) is 0 Å². The monoisotopic (exact) mass is 195 g/mol. The number of fused-ring (bicyclic) bond motifs is 1. The molecule has 0 bridgehead atoms. The zero-order chi connectivity index (χ0) is 10.5. The van der Waals surface area contributed by atoms with E-state index in [0.29, 0.717) is 0 Å². The number of amidine groups is 1. The average Bonchev–Trinajstić information content (AvgIpc) is 2.55. The lowest BCUT2D eigenvalue weighted by atomic mass is 10.1. The topological polar surface area (TPSA) is 91.4 Å². The minimum absolute atomic E-state index is 0.172. The number of imide groups is 1. The molecule has 1 atom stereocenters. The van der Waals surface area contributed by atoms with Crippen LogP contribution < -0.4 is 5.73 Å². The van der Waals surface area contributed by atoms with Crippen LogP contribution in [0.4, 0.5) is 4.79 Å². The minimum Gasteiger partial charge on any atom is -0.293 e. The molecule has 0 aromatic carbocycles. The SMILES string of the molecule is CN1C(=O)N(C)C2=NC=NC2(N)C1=O. The van der Waals surface area contributed by atoms with Crippen LogP contribution in [-0.2, 0) is 4.79 Å². The summed E-state index contributed by atoms with van der Waals surface area (Å²) >= 11 is 0. The molecule has 2 aliphatic heterocycles. The molecule has 3 amide bonds. The number of rotatable bonds is 0. The van der Waals surface area contributed by atoms with Crippen molar-refractivity contribution >= 4 is 24.1 Å². The summed E-state index contributed by atoms with van der Waals surface area (Å²) in [4.78, 5) is 32.8. The zero-order valence-corrected chi connectivity index (χ0v) is 7.76. The highest BCUT2D eigenvalue weighted by Crippen LogP contribution is 2.22. The van der Waals surface area contributed by atoms with Gasteiger partial charge < -0.3 is 0 Å². The Labute approximate surface area is 79.9 Å². The van der Waals surface area contributed by atoms with Gasteiger partial charge in [-0.25, -0.2) is 14.8 Å². The van der Waals surface area contributed by atoms with E-state index in [0.717, 1.165) is 4.90 Å². The molecule has 0 aliphatic carbocycles. The van der Waals surface area contributed by atoms with Crippen LogP contribution in [0, 0.1) is 0 Å². The highest BCUT2D eigenvalue weighted by molar-refractivity contribution is 6.26. The number of hydrogen-bond donors (Lipinski definition) is 1. The summed E-state index contributed by atoms with van der Waals surface area (Å²) in [6.07, 6.45) is 1.19. The van der Waals surface area contributed by atoms with Crippen molar-refractivity contribution in [1.29, 1.82) is 0 Å². The quantitative estimate of drug-likeness (QED) is 0.515. The van der Waals surface area contributed by atoms with Gasteiger partial charge in [0.2, 0.25) is 5.66 Å². The number of nitrogens with two attached hydrogens (primary N) is 1. The second-order valence-corrected chi connectivity index (χ2v) is 3.17. The third-order valence-electron chi connectivity index (χ3n) is 2.30. The normalized spacial score (nSPS) is 30.9. The summed E-state index contributed by atoms with van der Waals surface area (Å²) < 4.78 is 0. The van der Waals surface area contributed by atoms with Gasteiger partial charge >= 0.3 is 6.03 Å². The van der Waals surface area contributed by atoms with Gasteiger partial charge in [0.15, 0.2) is 5.84 Å². The van der Waals surface area contributed by atoms with Crippen molar-refractivity contribution in [3.05, 3.63) is 0 Å². The molecular weight excluding hydrogens is 186 g/mol. The van der Waals surface area contributed by atoms with Gasteiger partial charge in [-0.15, -0.1) is 0 Å². The average molecular weight is 195 g/mol. The van der Waals surface area contributed by atoms with Crippen molar-refractivity contribution in [1.82, 2.24) is 9.80 Å². The second kappa shape index (κ2) is 2.38. The molecule has 7 nitrogen and oxygen atoms in total. The van der Waals surface area contributed by atoms with Crippen molar-refractivity contribution in [3.63, 3.8) is 0 Å². The lowest BCUT2D eigenvalue weighted by molar-refractivity contribution is -0.131. The highest BCUT2D eigenvalue weighted by atomic mass is 16.2. The highest BCUT2D eigenvalue weighted by Gasteiger charge is 2.52. The number of carbonyl (C=O) groups excluding carboxylic acids is 2. The van der Waals surface area contributed by atoms with Gasteiger partial charge in [0.05, 0.1) is 0 Å². The number of hydrogen-bond acceptors (Lipinski definition) is 5. The summed E-state index contributed by atoms with van der Waals surface area (Å²) in [5, 5.41) is 0. The standard InChI is InChI=1S/C7H9N5O2/c1-11-4-7(8,10-3-9-4)5(13)12(2)6(11)14/h3H,8H2,1-2H3. The Balaban J connectivity index is 2.53. The van der Waals surface area contributed by atoms with Crippen LogP contribution in [0.3, 0.4) is 0 Å². The van der Waals surface area contributed by atoms with Gasteiger partial charge in [0, 0.05) is 14.1 Å². The van der Waals surface area contributed by atoms with Crippen LogP contribution in [0.5, 0.6) is 0 Å². The van der Waals surface area contributed by atoms with Gasteiger partial charge in [-0.2, -0.15) is 0 Å². The van der Waals surface area contributed by atoms with E-state index in [4.69, 9.17) is 5.73 Å². The number of nitrogens with zero attached hydrogens (tertiary/aromatic N) is 4. The lowest BCUT2D eigenvalue weighted by Gasteiger charge is -2.37. The first-order chi connectivity index (χ1) is 6.48. The van der Waals surface area contributed by atoms with Gasteiger partial charge in [-0.05, 0) is 0 Å². The number of aliphatic imine (C=N–C) groups is 2. The van der Waals surface area contributed by atoms with Crippen LogP contribution >= 0.6 is 0 Å².